The molecule has 0 aliphatic heterocycles. The molecule has 0 saturated heterocycles. The van der Waals surface area contributed by atoms with Gasteiger partial charge in [0.05, 0.1) is 7.11 Å². The van der Waals surface area contributed by atoms with Gasteiger partial charge in [-0.2, -0.15) is 0 Å². The highest BCUT2D eigenvalue weighted by molar-refractivity contribution is 5.89. The van der Waals surface area contributed by atoms with Crippen molar-refractivity contribution in [1.82, 2.24) is 10.6 Å². The van der Waals surface area contributed by atoms with Gasteiger partial charge >= 0.3 is 12.1 Å². The van der Waals surface area contributed by atoms with Gasteiger partial charge in [0.25, 0.3) is 0 Å². The lowest BCUT2D eigenvalue weighted by Crippen LogP contribution is -2.51. The van der Waals surface area contributed by atoms with E-state index in [1.54, 1.807) is 32.9 Å². The predicted molar refractivity (Wildman–Crippen MR) is 82.2 cm³/mol. The molecule has 0 rings (SSSR count). The van der Waals surface area contributed by atoms with E-state index in [0.717, 1.165) is 0 Å². The number of methoxy groups -OCH3 is 1. The summed E-state index contributed by atoms with van der Waals surface area (Å²) in [5.74, 6) is -1.04. The molecule has 2 amide bonds. The van der Waals surface area contributed by atoms with Gasteiger partial charge < -0.3 is 20.1 Å². The van der Waals surface area contributed by atoms with Crippen LogP contribution in [0.3, 0.4) is 0 Å². The van der Waals surface area contributed by atoms with Crippen molar-refractivity contribution in [1.29, 1.82) is 0 Å². The van der Waals surface area contributed by atoms with E-state index in [0.29, 0.717) is 6.42 Å². The van der Waals surface area contributed by atoms with Crippen LogP contribution in [-0.4, -0.2) is 42.8 Å². The average molecular weight is 314 g/mol. The minimum atomic E-state index is -0.840. The van der Waals surface area contributed by atoms with Crippen molar-refractivity contribution in [2.45, 2.75) is 58.7 Å². The maximum atomic E-state index is 12.0. The molecular formula is C15H26N2O5. The minimum Gasteiger partial charge on any atom is -0.467 e. The van der Waals surface area contributed by atoms with Crippen molar-refractivity contribution in [3.8, 4) is 0 Å². The first-order chi connectivity index (χ1) is 10.1. The summed E-state index contributed by atoms with van der Waals surface area (Å²) in [6, 6.07) is -1.64. The molecule has 126 valence electrons. The Morgan fingerprint density at radius 1 is 1.18 bits per heavy atom. The Morgan fingerprint density at radius 2 is 1.77 bits per heavy atom. The highest BCUT2D eigenvalue weighted by atomic mass is 16.6. The van der Waals surface area contributed by atoms with Gasteiger partial charge in [-0.1, -0.05) is 12.2 Å². The summed E-state index contributed by atoms with van der Waals surface area (Å²) in [6.45, 7) is 8.48. The molecule has 0 aliphatic carbocycles. The Hall–Kier alpha value is -2.05. The molecular weight excluding hydrogens is 288 g/mol. The van der Waals surface area contributed by atoms with Crippen molar-refractivity contribution in [3.05, 3.63) is 12.2 Å². The zero-order chi connectivity index (χ0) is 17.3. The van der Waals surface area contributed by atoms with E-state index in [1.807, 2.05) is 6.92 Å². The number of esters is 1. The molecule has 0 aromatic heterocycles. The zero-order valence-corrected chi connectivity index (χ0v) is 14.1. The quantitative estimate of drug-likeness (QED) is 0.573. The van der Waals surface area contributed by atoms with Crippen LogP contribution in [0.25, 0.3) is 0 Å². The second kappa shape index (κ2) is 9.07. The Bertz CT molecular complexity index is 426. The smallest absolute Gasteiger partial charge is 0.408 e. The third-order valence-electron chi connectivity index (χ3n) is 2.54. The van der Waals surface area contributed by atoms with Gasteiger partial charge in [0, 0.05) is 0 Å². The molecule has 0 spiro atoms. The molecule has 7 heteroatoms. The molecule has 0 fully saturated rings. The number of ether oxygens (including phenoxy) is 2. The van der Waals surface area contributed by atoms with Crippen molar-refractivity contribution < 1.29 is 23.9 Å². The number of alkyl carbamates (subject to hydrolysis) is 1. The molecule has 0 aromatic rings. The molecule has 0 radical (unpaired) electrons. The maximum absolute atomic E-state index is 12.0. The monoisotopic (exact) mass is 314 g/mol. The van der Waals surface area contributed by atoms with E-state index in [1.165, 1.54) is 14.0 Å². The van der Waals surface area contributed by atoms with E-state index >= 15 is 0 Å². The van der Waals surface area contributed by atoms with Crippen LogP contribution < -0.4 is 10.6 Å². The van der Waals surface area contributed by atoms with Crippen LogP contribution in [0.1, 0.15) is 41.0 Å². The average Bonchev–Trinajstić information content (AvgIpc) is 2.39. The maximum Gasteiger partial charge on any atom is 0.408 e. The lowest BCUT2D eigenvalue weighted by Gasteiger charge is -2.22. The summed E-state index contributed by atoms with van der Waals surface area (Å²) in [5, 5.41) is 4.95. The van der Waals surface area contributed by atoms with E-state index < -0.39 is 35.7 Å². The number of hydrogen-bond acceptors (Lipinski definition) is 5. The molecule has 0 aromatic carbocycles. The molecule has 7 nitrogen and oxygen atoms in total. The number of carbonyl (C=O) groups excluding carboxylic acids is 3. The Labute approximate surface area is 131 Å². The summed E-state index contributed by atoms with van der Waals surface area (Å²) in [4.78, 5) is 35.2. The fourth-order valence-corrected chi connectivity index (χ4v) is 1.48. The second-order valence-electron chi connectivity index (χ2n) is 5.76. The molecule has 2 N–H and O–H groups in total. The van der Waals surface area contributed by atoms with E-state index in [9.17, 15) is 14.4 Å². The zero-order valence-electron chi connectivity index (χ0n) is 14.1. The Kier molecular flexibility index (Phi) is 8.22. The number of amides is 2. The van der Waals surface area contributed by atoms with Crippen LogP contribution in [0.2, 0.25) is 0 Å². The third-order valence-corrected chi connectivity index (χ3v) is 2.54. The van der Waals surface area contributed by atoms with E-state index in [-0.39, 0.29) is 0 Å². The van der Waals surface area contributed by atoms with Crippen LogP contribution in [0.15, 0.2) is 12.2 Å². The number of rotatable bonds is 6. The van der Waals surface area contributed by atoms with Crippen molar-refractivity contribution >= 4 is 18.0 Å². The first kappa shape index (κ1) is 19.9. The number of hydrogen-bond donors (Lipinski definition) is 2. The van der Waals surface area contributed by atoms with Gasteiger partial charge in [0.1, 0.15) is 17.7 Å². The van der Waals surface area contributed by atoms with Crippen molar-refractivity contribution in [2.24, 2.45) is 0 Å². The van der Waals surface area contributed by atoms with Gasteiger partial charge in [-0.15, -0.1) is 0 Å². The first-order valence-electron chi connectivity index (χ1n) is 7.09. The predicted octanol–water partition coefficient (Wildman–Crippen LogP) is 1.52. The van der Waals surface area contributed by atoms with Crippen LogP contribution in [-0.2, 0) is 19.1 Å². The van der Waals surface area contributed by atoms with Crippen molar-refractivity contribution in [2.75, 3.05) is 7.11 Å². The Balaban J connectivity index is 4.59. The fraction of sp³-hybridized carbons (Fsp3) is 0.667. The number of nitrogens with one attached hydrogen (secondary N) is 2. The summed E-state index contributed by atoms with van der Waals surface area (Å²) < 4.78 is 9.70. The number of carbonyl (C=O) groups is 3. The van der Waals surface area contributed by atoms with Gasteiger partial charge in [-0.3, -0.25) is 4.79 Å². The van der Waals surface area contributed by atoms with Crippen LogP contribution >= 0.6 is 0 Å². The highest BCUT2D eigenvalue weighted by Gasteiger charge is 2.25. The lowest BCUT2D eigenvalue weighted by molar-refractivity contribution is -0.145. The minimum absolute atomic E-state index is 0.314. The van der Waals surface area contributed by atoms with Gasteiger partial charge in [0.2, 0.25) is 5.91 Å². The SMILES string of the molecule is CC=CC[C@H](NC(=O)[C@H](C)NC(=O)OC(C)(C)C)C(=O)OC. The highest BCUT2D eigenvalue weighted by Crippen LogP contribution is 2.07. The molecule has 22 heavy (non-hydrogen) atoms. The van der Waals surface area contributed by atoms with Crippen LogP contribution in [0.4, 0.5) is 4.79 Å². The molecule has 0 saturated carbocycles. The second-order valence-corrected chi connectivity index (χ2v) is 5.76. The van der Waals surface area contributed by atoms with Gasteiger partial charge in [0.15, 0.2) is 0 Å². The third kappa shape index (κ3) is 8.28. The summed E-state index contributed by atoms with van der Waals surface area (Å²) in [5.41, 5.74) is -0.652. The fourth-order valence-electron chi connectivity index (χ4n) is 1.48. The topological polar surface area (TPSA) is 93.7 Å². The summed E-state index contributed by atoms with van der Waals surface area (Å²) >= 11 is 0. The lowest BCUT2D eigenvalue weighted by atomic mass is 10.2. The summed E-state index contributed by atoms with van der Waals surface area (Å²) in [6.07, 6.45) is 3.13. The molecule has 0 unspecified atom stereocenters. The van der Waals surface area contributed by atoms with Crippen LogP contribution in [0, 0.1) is 0 Å². The van der Waals surface area contributed by atoms with Crippen molar-refractivity contribution in [3.63, 3.8) is 0 Å². The molecule has 0 bridgehead atoms. The molecule has 0 heterocycles. The number of allylic oxidation sites excluding steroid dienone is 1. The van der Waals surface area contributed by atoms with E-state index in [4.69, 9.17) is 4.74 Å². The largest absolute Gasteiger partial charge is 0.467 e. The summed E-state index contributed by atoms with van der Waals surface area (Å²) in [7, 11) is 1.25. The van der Waals surface area contributed by atoms with E-state index in [2.05, 4.69) is 15.4 Å². The first-order valence-corrected chi connectivity index (χ1v) is 7.09. The standard InChI is InChI=1S/C15H26N2O5/c1-7-8-9-11(13(19)21-6)17-12(18)10(2)16-14(20)22-15(3,4)5/h7-8,10-11H,9H2,1-6H3,(H,16,20)(H,17,18)/t10-,11-/m0/s1. The normalized spacial score (nSPS) is 14.1. The van der Waals surface area contributed by atoms with Gasteiger partial charge in [-0.25, -0.2) is 9.59 Å². The molecule has 2 atom stereocenters. The van der Waals surface area contributed by atoms with Gasteiger partial charge in [-0.05, 0) is 41.0 Å². The molecule has 0 aliphatic rings. The van der Waals surface area contributed by atoms with Crippen LogP contribution in [0.5, 0.6) is 0 Å². The Morgan fingerprint density at radius 3 is 2.23 bits per heavy atom.